The van der Waals surface area contributed by atoms with E-state index in [1.807, 2.05) is 13.8 Å². The Morgan fingerprint density at radius 1 is 1.33 bits per heavy atom. The Kier molecular flexibility index (Phi) is 6.34. The van der Waals surface area contributed by atoms with Crippen LogP contribution in [0.4, 0.5) is 8.78 Å². The summed E-state index contributed by atoms with van der Waals surface area (Å²) in [7, 11) is 0. The highest BCUT2D eigenvalue weighted by atomic mass is 19.1. The van der Waals surface area contributed by atoms with Crippen molar-refractivity contribution in [2.24, 2.45) is 0 Å². The van der Waals surface area contributed by atoms with Gasteiger partial charge in [0.05, 0.1) is 0 Å². The molecule has 1 aromatic rings. The second-order valence-electron chi connectivity index (χ2n) is 2.87. The number of allylic oxidation sites excluding steroid dienone is 1. The van der Waals surface area contributed by atoms with Crippen LogP contribution in [0.3, 0.4) is 0 Å². The van der Waals surface area contributed by atoms with Crippen LogP contribution in [0.25, 0.3) is 0 Å². The molecule has 0 aliphatic carbocycles. The summed E-state index contributed by atoms with van der Waals surface area (Å²) >= 11 is 0. The highest BCUT2D eigenvalue weighted by Gasteiger charge is 2.02. The monoisotopic (exact) mass is 213 g/mol. The molecule has 3 heteroatoms. The molecular weight excluding hydrogens is 196 g/mol. The molecule has 0 radical (unpaired) electrons. The molecule has 0 amide bonds. The first-order valence-electron chi connectivity index (χ1n) is 4.93. The van der Waals surface area contributed by atoms with Crippen molar-refractivity contribution in [2.45, 2.75) is 27.3 Å². The van der Waals surface area contributed by atoms with Gasteiger partial charge in [0.25, 0.3) is 0 Å². The normalized spacial score (nSPS) is 8.87. The summed E-state index contributed by atoms with van der Waals surface area (Å²) in [5, 5.41) is 2.83. The molecular formula is C12H17F2N. The third-order valence-corrected chi connectivity index (χ3v) is 1.59. The summed E-state index contributed by atoms with van der Waals surface area (Å²) < 4.78 is 25.6. The summed E-state index contributed by atoms with van der Waals surface area (Å²) in [6.45, 7) is 9.62. The lowest BCUT2D eigenvalue weighted by Gasteiger charge is -2.06. The van der Waals surface area contributed by atoms with Gasteiger partial charge in [-0.05, 0) is 25.1 Å². The number of halogens is 2. The van der Waals surface area contributed by atoms with Crippen molar-refractivity contribution in [1.29, 1.82) is 0 Å². The van der Waals surface area contributed by atoms with Crippen LogP contribution >= 0.6 is 0 Å². The summed E-state index contributed by atoms with van der Waals surface area (Å²) in [6, 6.07) is 3.38. The topological polar surface area (TPSA) is 12.0 Å². The van der Waals surface area contributed by atoms with Gasteiger partial charge in [0, 0.05) is 17.8 Å². The molecule has 0 saturated heterocycles. The number of benzene rings is 1. The van der Waals surface area contributed by atoms with Gasteiger partial charge in [0.1, 0.15) is 11.6 Å². The molecule has 0 aromatic heterocycles. The van der Waals surface area contributed by atoms with Gasteiger partial charge in [-0.2, -0.15) is 0 Å². The minimum atomic E-state index is -0.431. The fourth-order valence-electron chi connectivity index (χ4n) is 0.925. The lowest BCUT2D eigenvalue weighted by atomic mass is 10.2. The summed E-state index contributed by atoms with van der Waals surface area (Å²) in [4.78, 5) is 0. The van der Waals surface area contributed by atoms with Gasteiger partial charge in [-0.1, -0.05) is 20.4 Å². The number of hydrogen-bond acceptors (Lipinski definition) is 1. The van der Waals surface area contributed by atoms with Crippen molar-refractivity contribution < 1.29 is 8.78 Å². The third kappa shape index (κ3) is 5.15. The molecule has 0 fully saturated rings. The molecule has 15 heavy (non-hydrogen) atoms. The van der Waals surface area contributed by atoms with E-state index in [1.54, 1.807) is 6.92 Å². The summed E-state index contributed by atoms with van der Waals surface area (Å²) in [6.07, 6.45) is 0. The van der Waals surface area contributed by atoms with E-state index in [4.69, 9.17) is 0 Å². The Morgan fingerprint density at radius 3 is 2.47 bits per heavy atom. The largest absolute Gasteiger partial charge is 0.385 e. The third-order valence-electron chi connectivity index (χ3n) is 1.59. The van der Waals surface area contributed by atoms with Crippen molar-refractivity contribution >= 4 is 0 Å². The minimum Gasteiger partial charge on any atom is -0.385 e. The van der Waals surface area contributed by atoms with E-state index in [1.165, 1.54) is 6.07 Å². The van der Waals surface area contributed by atoms with Crippen LogP contribution in [0.15, 0.2) is 30.5 Å². The Hall–Kier alpha value is -1.38. The summed E-state index contributed by atoms with van der Waals surface area (Å²) in [5.74, 6) is -0.838. The van der Waals surface area contributed by atoms with Gasteiger partial charge in [0.15, 0.2) is 0 Å². The maximum atomic E-state index is 13.0. The van der Waals surface area contributed by atoms with E-state index >= 15 is 0 Å². The van der Waals surface area contributed by atoms with Crippen LogP contribution in [-0.4, -0.2) is 0 Å². The lowest BCUT2D eigenvalue weighted by molar-refractivity contribution is 0.578. The highest BCUT2D eigenvalue weighted by Crippen LogP contribution is 2.09. The molecule has 1 N–H and O–H groups in total. The van der Waals surface area contributed by atoms with E-state index in [-0.39, 0.29) is 6.54 Å². The van der Waals surface area contributed by atoms with Crippen LogP contribution in [0.1, 0.15) is 26.3 Å². The Bertz CT molecular complexity index is 321. The van der Waals surface area contributed by atoms with Crippen molar-refractivity contribution in [3.05, 3.63) is 47.7 Å². The first-order valence-corrected chi connectivity index (χ1v) is 4.93. The molecule has 1 rings (SSSR count). The van der Waals surface area contributed by atoms with E-state index in [9.17, 15) is 8.78 Å². The molecule has 0 spiro atoms. The molecule has 0 saturated carbocycles. The number of nitrogens with one attached hydrogen (secondary N) is 1. The number of rotatable bonds is 3. The second-order valence-corrected chi connectivity index (χ2v) is 2.87. The smallest absolute Gasteiger partial charge is 0.128 e. The molecule has 0 bridgehead atoms. The van der Waals surface area contributed by atoms with Crippen LogP contribution in [-0.2, 0) is 6.54 Å². The maximum absolute atomic E-state index is 13.0. The predicted molar refractivity (Wildman–Crippen MR) is 59.4 cm³/mol. The zero-order chi connectivity index (χ0) is 11.8. The molecule has 0 unspecified atom stereocenters. The van der Waals surface area contributed by atoms with Crippen molar-refractivity contribution in [2.75, 3.05) is 0 Å². The molecule has 0 heterocycles. The Labute approximate surface area is 89.8 Å². The summed E-state index contributed by atoms with van der Waals surface area (Å²) in [5.41, 5.74) is 1.03. The van der Waals surface area contributed by atoms with Crippen LogP contribution in [0.5, 0.6) is 0 Å². The van der Waals surface area contributed by atoms with Crippen LogP contribution < -0.4 is 5.32 Å². The molecule has 1 aromatic carbocycles. The quantitative estimate of drug-likeness (QED) is 0.808. The van der Waals surface area contributed by atoms with E-state index in [0.29, 0.717) is 5.56 Å². The molecule has 84 valence electrons. The van der Waals surface area contributed by atoms with E-state index in [2.05, 4.69) is 11.9 Å². The van der Waals surface area contributed by atoms with E-state index in [0.717, 1.165) is 17.8 Å². The average molecular weight is 213 g/mol. The van der Waals surface area contributed by atoms with Gasteiger partial charge < -0.3 is 5.32 Å². The first kappa shape index (κ1) is 13.6. The fourth-order valence-corrected chi connectivity index (χ4v) is 0.925. The Balaban J connectivity index is 0.000000921. The van der Waals surface area contributed by atoms with Gasteiger partial charge in [-0.15, -0.1) is 0 Å². The zero-order valence-corrected chi connectivity index (χ0v) is 9.40. The van der Waals surface area contributed by atoms with Crippen LogP contribution in [0, 0.1) is 11.6 Å². The number of hydrogen-bond donors (Lipinski definition) is 1. The second kappa shape index (κ2) is 6.98. The fraction of sp³-hybridized carbons (Fsp3) is 0.333. The van der Waals surface area contributed by atoms with Crippen LogP contribution in [0.2, 0.25) is 0 Å². The SMILES string of the molecule is C=C(C)NCc1cc(F)ccc1F.CC. The lowest BCUT2D eigenvalue weighted by Crippen LogP contribution is -2.10. The maximum Gasteiger partial charge on any atom is 0.128 e. The molecule has 0 aliphatic rings. The molecule has 0 atom stereocenters. The molecule has 0 aliphatic heterocycles. The van der Waals surface area contributed by atoms with Gasteiger partial charge in [-0.3, -0.25) is 0 Å². The van der Waals surface area contributed by atoms with Gasteiger partial charge in [0.2, 0.25) is 0 Å². The highest BCUT2D eigenvalue weighted by molar-refractivity contribution is 5.19. The molecule has 1 nitrogen and oxygen atoms in total. The van der Waals surface area contributed by atoms with Gasteiger partial charge >= 0.3 is 0 Å². The predicted octanol–water partition coefficient (Wildman–Crippen LogP) is 3.61. The van der Waals surface area contributed by atoms with E-state index < -0.39 is 11.6 Å². The average Bonchev–Trinajstić information content (AvgIpc) is 2.22. The Morgan fingerprint density at radius 2 is 1.93 bits per heavy atom. The standard InChI is InChI=1S/C10H11F2N.C2H6/c1-7(2)13-6-8-5-9(11)3-4-10(8)12;1-2/h3-5,13H,1,6H2,2H3;1-2H3. The van der Waals surface area contributed by atoms with Crippen molar-refractivity contribution in [3.8, 4) is 0 Å². The van der Waals surface area contributed by atoms with Gasteiger partial charge in [-0.25, -0.2) is 8.78 Å². The van der Waals surface area contributed by atoms with Crippen molar-refractivity contribution in [1.82, 2.24) is 5.32 Å². The first-order chi connectivity index (χ1) is 7.09. The van der Waals surface area contributed by atoms with Crippen molar-refractivity contribution in [3.63, 3.8) is 0 Å². The zero-order valence-electron chi connectivity index (χ0n) is 9.40. The minimum absolute atomic E-state index is 0.263.